The van der Waals surface area contributed by atoms with Crippen molar-refractivity contribution in [2.24, 2.45) is 0 Å². The maximum atomic E-state index is 13.5. The summed E-state index contributed by atoms with van der Waals surface area (Å²) in [5.41, 5.74) is -0.292. The lowest BCUT2D eigenvalue weighted by Gasteiger charge is -2.06. The molecule has 2 N–H and O–H groups in total. The van der Waals surface area contributed by atoms with Crippen LogP contribution in [0.2, 0.25) is 0 Å². The van der Waals surface area contributed by atoms with Crippen LogP contribution in [0.1, 0.15) is 10.4 Å². The van der Waals surface area contributed by atoms with Crippen molar-refractivity contribution in [1.82, 2.24) is 20.4 Å². The number of carbonyl (C=O) groups excluding carboxylic acids is 1. The maximum absolute atomic E-state index is 13.5. The van der Waals surface area contributed by atoms with E-state index in [0.717, 1.165) is 18.5 Å². The lowest BCUT2D eigenvalue weighted by molar-refractivity contribution is 0.101. The first-order valence-corrected chi connectivity index (χ1v) is 5.72. The summed E-state index contributed by atoms with van der Waals surface area (Å²) >= 11 is 0. The van der Waals surface area contributed by atoms with Crippen LogP contribution in [0.5, 0.6) is 0 Å². The molecule has 21 heavy (non-hydrogen) atoms. The highest BCUT2D eigenvalue weighted by Gasteiger charge is 2.20. The Labute approximate surface area is 116 Å². The Morgan fingerprint density at radius 2 is 2.05 bits per heavy atom. The number of nitrogens with one attached hydrogen (secondary N) is 2. The molecule has 106 valence electrons. The predicted octanol–water partition coefficient (Wildman–Crippen LogP) is 1.99. The molecule has 0 bridgehead atoms. The number of nitrogens with zero attached hydrogens (tertiary/aromatic N) is 3. The van der Waals surface area contributed by atoms with Gasteiger partial charge in [0.2, 0.25) is 6.39 Å². The molecule has 0 aliphatic heterocycles. The van der Waals surface area contributed by atoms with Gasteiger partial charge in [-0.3, -0.25) is 9.89 Å². The van der Waals surface area contributed by atoms with Gasteiger partial charge in [-0.05, 0) is 12.1 Å². The fourth-order valence-corrected chi connectivity index (χ4v) is 1.73. The summed E-state index contributed by atoms with van der Waals surface area (Å²) in [5.74, 6) is -2.80. The Hall–Kier alpha value is -3.10. The van der Waals surface area contributed by atoms with Gasteiger partial charge in [0.15, 0.2) is 0 Å². The number of hydrogen-bond acceptors (Lipinski definition) is 5. The largest absolute Gasteiger partial charge is 0.422 e. The molecule has 3 rings (SSSR count). The van der Waals surface area contributed by atoms with E-state index in [-0.39, 0.29) is 17.3 Å². The van der Waals surface area contributed by atoms with E-state index in [4.69, 9.17) is 4.42 Å². The van der Waals surface area contributed by atoms with Crippen LogP contribution in [0.3, 0.4) is 0 Å². The van der Waals surface area contributed by atoms with Gasteiger partial charge < -0.3 is 9.73 Å². The molecule has 0 radical (unpaired) electrons. The van der Waals surface area contributed by atoms with Crippen LogP contribution in [0, 0.1) is 11.6 Å². The second-order valence-electron chi connectivity index (χ2n) is 3.95. The average molecular weight is 291 g/mol. The Balaban J connectivity index is 1.91. The molecule has 3 aromatic rings. The fraction of sp³-hybridized carbons (Fsp3) is 0. The van der Waals surface area contributed by atoms with Crippen LogP contribution < -0.4 is 5.32 Å². The first-order valence-electron chi connectivity index (χ1n) is 5.72. The highest BCUT2D eigenvalue weighted by molar-refractivity contribution is 6.05. The third-order valence-electron chi connectivity index (χ3n) is 2.65. The van der Waals surface area contributed by atoms with Crippen LogP contribution in [0.4, 0.5) is 14.5 Å². The van der Waals surface area contributed by atoms with Gasteiger partial charge in [-0.15, -0.1) is 10.2 Å². The molecule has 0 saturated heterocycles. The van der Waals surface area contributed by atoms with Crippen molar-refractivity contribution in [2.75, 3.05) is 5.32 Å². The van der Waals surface area contributed by atoms with Crippen LogP contribution in [0.25, 0.3) is 11.6 Å². The van der Waals surface area contributed by atoms with Crippen molar-refractivity contribution in [1.29, 1.82) is 0 Å². The quantitative estimate of drug-likeness (QED) is 0.769. The zero-order valence-electron chi connectivity index (χ0n) is 10.3. The zero-order valence-corrected chi connectivity index (χ0v) is 10.3. The number of halogens is 2. The number of anilines is 1. The molecular formula is C12H7F2N5O2. The molecule has 0 unspecified atom stereocenters. The van der Waals surface area contributed by atoms with Crippen molar-refractivity contribution >= 4 is 11.6 Å². The molecule has 1 amide bonds. The molecule has 0 saturated carbocycles. The first-order chi connectivity index (χ1) is 10.2. The molecule has 0 spiro atoms. The van der Waals surface area contributed by atoms with Crippen molar-refractivity contribution in [3.8, 4) is 11.6 Å². The van der Waals surface area contributed by atoms with Gasteiger partial charge in [0.1, 0.15) is 22.9 Å². The van der Waals surface area contributed by atoms with Crippen molar-refractivity contribution in [3.05, 3.63) is 48.0 Å². The van der Waals surface area contributed by atoms with Crippen LogP contribution in [-0.2, 0) is 0 Å². The topological polar surface area (TPSA) is 96.7 Å². The molecule has 2 aromatic heterocycles. The van der Waals surface area contributed by atoms with Gasteiger partial charge in [0, 0.05) is 0 Å². The van der Waals surface area contributed by atoms with E-state index in [1.807, 2.05) is 0 Å². The predicted molar refractivity (Wildman–Crippen MR) is 66.2 cm³/mol. The third-order valence-corrected chi connectivity index (χ3v) is 2.65. The molecule has 0 fully saturated rings. The number of H-pyrrole nitrogens is 1. The number of aromatic amines is 1. The van der Waals surface area contributed by atoms with E-state index in [2.05, 4.69) is 25.7 Å². The van der Waals surface area contributed by atoms with Gasteiger partial charge in [0.25, 0.3) is 11.8 Å². The van der Waals surface area contributed by atoms with E-state index in [9.17, 15) is 13.6 Å². The van der Waals surface area contributed by atoms with E-state index in [1.165, 1.54) is 12.3 Å². The van der Waals surface area contributed by atoms with Crippen molar-refractivity contribution < 1.29 is 18.0 Å². The summed E-state index contributed by atoms with van der Waals surface area (Å²) in [4.78, 5) is 12.0. The third kappa shape index (κ3) is 2.36. The van der Waals surface area contributed by atoms with Crippen molar-refractivity contribution in [2.45, 2.75) is 0 Å². The van der Waals surface area contributed by atoms with E-state index >= 15 is 0 Å². The Morgan fingerprint density at radius 1 is 1.29 bits per heavy atom. The first kappa shape index (κ1) is 12.9. The Bertz CT molecular complexity index is 765. The second kappa shape index (κ2) is 5.12. The second-order valence-corrected chi connectivity index (χ2v) is 3.95. The Morgan fingerprint density at radius 3 is 2.71 bits per heavy atom. The van der Waals surface area contributed by atoms with Crippen LogP contribution in [0.15, 0.2) is 35.2 Å². The van der Waals surface area contributed by atoms with E-state index < -0.39 is 23.1 Å². The molecule has 0 atom stereocenters. The van der Waals surface area contributed by atoms with Crippen LogP contribution in [-0.4, -0.2) is 26.3 Å². The Kier molecular flexibility index (Phi) is 3.14. The highest BCUT2D eigenvalue weighted by atomic mass is 19.1. The van der Waals surface area contributed by atoms with Gasteiger partial charge in [-0.1, -0.05) is 6.07 Å². The number of benzene rings is 1. The monoisotopic (exact) mass is 291 g/mol. The average Bonchev–Trinajstić information content (AvgIpc) is 3.08. The van der Waals surface area contributed by atoms with E-state index in [1.54, 1.807) is 0 Å². The molecule has 7 nitrogen and oxygen atoms in total. The lowest BCUT2D eigenvalue weighted by atomic mass is 10.2. The zero-order chi connectivity index (χ0) is 14.8. The molecule has 0 aliphatic carbocycles. The lowest BCUT2D eigenvalue weighted by Crippen LogP contribution is -2.16. The summed E-state index contributed by atoms with van der Waals surface area (Å²) < 4.78 is 32.0. The summed E-state index contributed by atoms with van der Waals surface area (Å²) in [5, 5.41) is 15.7. The maximum Gasteiger partial charge on any atom is 0.267 e. The summed E-state index contributed by atoms with van der Waals surface area (Å²) in [6.07, 6.45) is 2.36. The SMILES string of the molecule is O=C(Nc1cn[nH]c1-c1nnco1)c1c(F)cccc1F. The normalized spacial score (nSPS) is 10.6. The standard InChI is InChI=1S/C12H7F2N5O2/c13-6-2-1-3-7(14)9(6)11(20)17-8-4-15-18-10(8)12-19-16-5-21-12/h1-5H,(H,15,18)(H,17,20). The van der Waals surface area contributed by atoms with E-state index in [0.29, 0.717) is 0 Å². The van der Waals surface area contributed by atoms with Gasteiger partial charge in [0.05, 0.1) is 11.9 Å². The summed E-state index contributed by atoms with van der Waals surface area (Å²) in [6.45, 7) is 0. The number of rotatable bonds is 3. The molecule has 9 heteroatoms. The number of carbonyl (C=O) groups is 1. The molecule has 2 heterocycles. The minimum Gasteiger partial charge on any atom is -0.422 e. The smallest absolute Gasteiger partial charge is 0.267 e. The molecular weight excluding hydrogens is 284 g/mol. The summed E-state index contributed by atoms with van der Waals surface area (Å²) in [7, 11) is 0. The fourth-order valence-electron chi connectivity index (χ4n) is 1.73. The summed E-state index contributed by atoms with van der Waals surface area (Å²) in [6, 6.07) is 3.15. The highest BCUT2D eigenvalue weighted by Crippen LogP contribution is 2.24. The van der Waals surface area contributed by atoms with Crippen LogP contribution >= 0.6 is 0 Å². The van der Waals surface area contributed by atoms with Gasteiger partial charge in [-0.25, -0.2) is 8.78 Å². The minimum absolute atomic E-state index is 0.0804. The number of hydrogen-bond donors (Lipinski definition) is 2. The minimum atomic E-state index is -0.963. The number of amides is 1. The van der Waals surface area contributed by atoms with Gasteiger partial charge >= 0.3 is 0 Å². The van der Waals surface area contributed by atoms with Crippen molar-refractivity contribution in [3.63, 3.8) is 0 Å². The van der Waals surface area contributed by atoms with Gasteiger partial charge in [-0.2, -0.15) is 5.10 Å². The molecule has 1 aromatic carbocycles. The number of aromatic nitrogens is 4. The molecule has 0 aliphatic rings.